The van der Waals surface area contributed by atoms with Gasteiger partial charge in [-0.3, -0.25) is 0 Å². The molecule has 0 amide bonds. The summed E-state index contributed by atoms with van der Waals surface area (Å²) in [6.45, 7) is 4.07. The summed E-state index contributed by atoms with van der Waals surface area (Å²) in [4.78, 5) is 20.7. The zero-order valence-corrected chi connectivity index (χ0v) is 21.3. The SMILES string of the molecule is Fc1ccc2c(CCCN3CCC(C4Oc5ccccc5Cn5cccc54)CC3)noc2c1.O=C(O)C(=O)O. The molecule has 0 bridgehead atoms. The fourth-order valence-corrected chi connectivity index (χ4v) is 5.39. The van der Waals surface area contributed by atoms with E-state index in [1.165, 1.54) is 23.4 Å². The average Bonchev–Trinajstić information content (AvgIpc) is 3.52. The van der Waals surface area contributed by atoms with Crippen molar-refractivity contribution < 1.29 is 33.5 Å². The van der Waals surface area contributed by atoms with Crippen LogP contribution >= 0.6 is 0 Å². The maximum Gasteiger partial charge on any atom is 0.414 e. The summed E-state index contributed by atoms with van der Waals surface area (Å²) < 4.78 is 27.6. The van der Waals surface area contributed by atoms with Crippen LogP contribution in [0.3, 0.4) is 0 Å². The first-order valence-corrected chi connectivity index (χ1v) is 13.0. The molecule has 4 heterocycles. The molecule has 0 saturated carbocycles. The Morgan fingerprint density at radius 2 is 1.79 bits per heavy atom. The number of halogens is 1. The maximum absolute atomic E-state index is 13.4. The molecule has 2 aromatic heterocycles. The second-order valence-corrected chi connectivity index (χ2v) is 9.87. The van der Waals surface area contributed by atoms with Gasteiger partial charge in [-0.25, -0.2) is 14.0 Å². The van der Waals surface area contributed by atoms with Crippen LogP contribution in [0.2, 0.25) is 0 Å². The van der Waals surface area contributed by atoms with Crippen LogP contribution < -0.4 is 4.74 Å². The third kappa shape index (κ3) is 6.12. The Hall–Kier alpha value is -4.18. The molecule has 2 aliphatic rings. The highest BCUT2D eigenvalue weighted by atomic mass is 19.1. The third-order valence-corrected chi connectivity index (χ3v) is 7.36. The molecule has 4 aromatic rings. The molecule has 1 saturated heterocycles. The van der Waals surface area contributed by atoms with Crippen molar-refractivity contribution in [2.24, 2.45) is 5.92 Å². The van der Waals surface area contributed by atoms with Gasteiger partial charge in [-0.1, -0.05) is 23.4 Å². The molecule has 1 fully saturated rings. The number of aliphatic carboxylic acids is 2. The molecule has 39 heavy (non-hydrogen) atoms. The number of para-hydroxylation sites is 1. The van der Waals surface area contributed by atoms with Crippen molar-refractivity contribution >= 4 is 22.9 Å². The van der Waals surface area contributed by atoms with Crippen LogP contribution in [-0.4, -0.2) is 56.4 Å². The first-order chi connectivity index (χ1) is 18.9. The number of likely N-dealkylation sites (tertiary alicyclic amines) is 1. The quantitative estimate of drug-likeness (QED) is 0.352. The van der Waals surface area contributed by atoms with Gasteiger partial charge in [0, 0.05) is 29.1 Å². The Balaban J connectivity index is 0.000000465. The molecule has 2 aromatic carbocycles. The molecular weight excluding hydrogens is 505 g/mol. The molecule has 0 radical (unpaired) electrons. The predicted molar refractivity (Wildman–Crippen MR) is 140 cm³/mol. The molecule has 9 nitrogen and oxygen atoms in total. The summed E-state index contributed by atoms with van der Waals surface area (Å²) in [6.07, 6.45) is 6.39. The van der Waals surface area contributed by atoms with Gasteiger partial charge in [0.2, 0.25) is 0 Å². The summed E-state index contributed by atoms with van der Waals surface area (Å²) >= 11 is 0. The zero-order valence-electron chi connectivity index (χ0n) is 21.3. The number of rotatable bonds is 5. The number of piperidine rings is 1. The first kappa shape index (κ1) is 26.4. The fraction of sp³-hybridized carbons (Fsp3) is 0.345. The number of aromatic nitrogens is 2. The summed E-state index contributed by atoms with van der Waals surface area (Å²) in [5.41, 5.74) is 3.99. The normalized spacial score (nSPS) is 17.3. The monoisotopic (exact) mass is 535 g/mol. The number of benzene rings is 2. The number of hydrogen-bond acceptors (Lipinski definition) is 6. The maximum atomic E-state index is 13.4. The Morgan fingerprint density at radius 3 is 2.56 bits per heavy atom. The second-order valence-electron chi connectivity index (χ2n) is 9.87. The van der Waals surface area contributed by atoms with E-state index < -0.39 is 11.9 Å². The molecule has 10 heteroatoms. The highest BCUT2D eigenvalue weighted by Crippen LogP contribution is 2.39. The second kappa shape index (κ2) is 11.7. The minimum Gasteiger partial charge on any atom is -0.484 e. The molecule has 204 valence electrons. The number of carboxylic acid groups (broad SMARTS) is 2. The van der Waals surface area contributed by atoms with Gasteiger partial charge in [-0.05, 0) is 75.6 Å². The summed E-state index contributed by atoms with van der Waals surface area (Å²) in [6, 6.07) is 17.4. The molecule has 0 spiro atoms. The van der Waals surface area contributed by atoms with Crippen LogP contribution in [0.1, 0.15) is 42.3 Å². The van der Waals surface area contributed by atoms with Crippen LogP contribution in [0, 0.1) is 11.7 Å². The van der Waals surface area contributed by atoms with Gasteiger partial charge >= 0.3 is 11.9 Å². The Kier molecular flexibility index (Phi) is 7.92. The Labute approximate surface area is 224 Å². The molecule has 2 N–H and O–H groups in total. The number of carboxylic acids is 2. The van der Waals surface area contributed by atoms with E-state index in [-0.39, 0.29) is 11.9 Å². The molecule has 0 aliphatic carbocycles. The number of aryl methyl sites for hydroxylation is 1. The van der Waals surface area contributed by atoms with Gasteiger partial charge in [-0.15, -0.1) is 0 Å². The lowest BCUT2D eigenvalue weighted by molar-refractivity contribution is -0.159. The molecule has 6 rings (SSSR count). The highest BCUT2D eigenvalue weighted by molar-refractivity contribution is 6.27. The van der Waals surface area contributed by atoms with Gasteiger partial charge < -0.3 is 28.9 Å². The van der Waals surface area contributed by atoms with Gasteiger partial charge in [0.1, 0.15) is 17.7 Å². The van der Waals surface area contributed by atoms with E-state index in [1.54, 1.807) is 6.07 Å². The minimum atomic E-state index is -1.82. The number of nitrogens with zero attached hydrogens (tertiary/aromatic N) is 3. The largest absolute Gasteiger partial charge is 0.484 e. The van der Waals surface area contributed by atoms with Crippen molar-refractivity contribution in [2.75, 3.05) is 19.6 Å². The van der Waals surface area contributed by atoms with Crippen molar-refractivity contribution in [3.63, 3.8) is 0 Å². The molecule has 1 atom stereocenters. The lowest BCUT2D eigenvalue weighted by Gasteiger charge is -2.36. The van der Waals surface area contributed by atoms with Crippen LogP contribution in [0.4, 0.5) is 4.39 Å². The van der Waals surface area contributed by atoms with Gasteiger partial charge in [0.05, 0.1) is 17.9 Å². The van der Waals surface area contributed by atoms with Crippen molar-refractivity contribution in [2.45, 2.75) is 38.3 Å². The standard InChI is InChI=1S/C27H28FN3O2.C2H2O4/c28-21-9-10-22-23(29-33-26(22)17-21)6-3-13-30-15-11-19(12-16-30)27-24-7-4-14-31(24)18-20-5-1-2-8-25(20)32-27;3-1(4)2(5)6/h1-2,4-5,7-10,14,17,19,27H,3,6,11-13,15-16,18H2;(H,3,4)(H,5,6). The van der Waals surface area contributed by atoms with Crippen molar-refractivity contribution in [1.29, 1.82) is 0 Å². The number of ether oxygens (including phenoxy) is 1. The van der Waals surface area contributed by atoms with Gasteiger partial charge in [0.25, 0.3) is 0 Å². The van der Waals surface area contributed by atoms with Crippen molar-refractivity contribution in [3.8, 4) is 5.75 Å². The van der Waals surface area contributed by atoms with E-state index in [9.17, 15) is 4.39 Å². The smallest absolute Gasteiger partial charge is 0.414 e. The van der Waals surface area contributed by atoms with E-state index in [0.717, 1.165) is 68.7 Å². The molecule has 2 aliphatic heterocycles. The average molecular weight is 536 g/mol. The molecule has 1 unspecified atom stereocenters. The van der Waals surface area contributed by atoms with E-state index in [0.29, 0.717) is 11.5 Å². The fourth-order valence-electron chi connectivity index (χ4n) is 5.39. The molecular formula is C29H30FN3O6. The lowest BCUT2D eigenvalue weighted by atomic mass is 9.89. The van der Waals surface area contributed by atoms with Crippen LogP contribution in [-0.2, 0) is 22.6 Å². The predicted octanol–water partition coefficient (Wildman–Crippen LogP) is 4.75. The van der Waals surface area contributed by atoms with Crippen molar-refractivity contribution in [1.82, 2.24) is 14.6 Å². The van der Waals surface area contributed by atoms with Crippen LogP contribution in [0.25, 0.3) is 11.0 Å². The number of hydrogen-bond donors (Lipinski definition) is 2. The van der Waals surface area contributed by atoms with Crippen LogP contribution in [0.5, 0.6) is 5.75 Å². The zero-order chi connectivity index (χ0) is 27.4. The summed E-state index contributed by atoms with van der Waals surface area (Å²) in [5.74, 6) is -2.41. The Bertz CT molecular complexity index is 1440. The van der Waals surface area contributed by atoms with E-state index in [1.807, 2.05) is 0 Å². The minimum absolute atomic E-state index is 0.104. The van der Waals surface area contributed by atoms with Crippen LogP contribution in [0.15, 0.2) is 65.3 Å². The van der Waals surface area contributed by atoms with Gasteiger partial charge in [-0.2, -0.15) is 0 Å². The topological polar surface area (TPSA) is 118 Å². The highest BCUT2D eigenvalue weighted by Gasteiger charge is 2.33. The summed E-state index contributed by atoms with van der Waals surface area (Å²) in [7, 11) is 0. The number of carbonyl (C=O) groups is 2. The number of fused-ring (bicyclic) bond motifs is 3. The van der Waals surface area contributed by atoms with Gasteiger partial charge in [0.15, 0.2) is 5.58 Å². The van der Waals surface area contributed by atoms with E-state index in [4.69, 9.17) is 29.1 Å². The van der Waals surface area contributed by atoms with Crippen molar-refractivity contribution in [3.05, 3.63) is 83.6 Å². The Morgan fingerprint density at radius 1 is 1.03 bits per heavy atom. The summed E-state index contributed by atoms with van der Waals surface area (Å²) in [5, 5.41) is 19.9. The van der Waals surface area contributed by atoms with E-state index in [2.05, 4.69) is 57.2 Å². The first-order valence-electron chi connectivity index (χ1n) is 13.0. The van der Waals surface area contributed by atoms with E-state index >= 15 is 0 Å². The third-order valence-electron chi connectivity index (χ3n) is 7.36. The lowest BCUT2D eigenvalue weighted by Crippen LogP contribution is -2.37.